The van der Waals surface area contributed by atoms with Crippen LogP contribution in [0.2, 0.25) is 0 Å². The number of hydroxylamine groups is 1. The lowest BCUT2D eigenvalue weighted by atomic mass is 10.1. The van der Waals surface area contributed by atoms with E-state index in [2.05, 4.69) is 11.4 Å². The zero-order valence-corrected chi connectivity index (χ0v) is 12.1. The first-order valence-corrected chi connectivity index (χ1v) is 8.12. The molecule has 0 aliphatic heterocycles. The Morgan fingerprint density at radius 3 is 2.16 bits per heavy atom. The van der Waals surface area contributed by atoms with E-state index in [0.29, 0.717) is 6.42 Å². The monoisotopic (exact) mass is 297 g/mol. The summed E-state index contributed by atoms with van der Waals surface area (Å²) >= 11 is 0. The molecule has 0 aromatic heterocycles. The Bertz CT molecular complexity index is 293. The average molecular weight is 297 g/mol. The minimum Gasteiger partial charge on any atom is -0.369 e. The van der Waals surface area contributed by atoms with Crippen molar-refractivity contribution in [2.75, 3.05) is 0 Å². The molecule has 0 aromatic rings. The highest BCUT2D eigenvalue weighted by Gasteiger charge is 2.27. The van der Waals surface area contributed by atoms with Crippen LogP contribution in [0.3, 0.4) is 0 Å². The van der Waals surface area contributed by atoms with Gasteiger partial charge in [-0.3, -0.25) is 9.79 Å². The largest absolute Gasteiger partial charge is 0.527 e. The third-order valence-electron chi connectivity index (χ3n) is 2.75. The highest BCUT2D eigenvalue weighted by atomic mass is 31.2. The van der Waals surface area contributed by atoms with E-state index >= 15 is 0 Å². The van der Waals surface area contributed by atoms with Crippen molar-refractivity contribution < 1.29 is 28.9 Å². The van der Waals surface area contributed by atoms with Gasteiger partial charge in [0.2, 0.25) is 0 Å². The Labute approximate surface area is 113 Å². The SMILES string of the molecule is CCCCCCCCCC(NO)C(=O)OP(=O)(O)O. The van der Waals surface area contributed by atoms with E-state index in [1.54, 1.807) is 5.48 Å². The first-order chi connectivity index (χ1) is 8.90. The second-order valence-corrected chi connectivity index (χ2v) is 5.66. The van der Waals surface area contributed by atoms with Gasteiger partial charge in [0.05, 0.1) is 0 Å². The molecule has 1 unspecified atom stereocenters. The number of hydrogen-bond donors (Lipinski definition) is 4. The van der Waals surface area contributed by atoms with E-state index < -0.39 is 19.8 Å². The predicted molar refractivity (Wildman–Crippen MR) is 69.5 cm³/mol. The van der Waals surface area contributed by atoms with Crippen molar-refractivity contribution in [2.45, 2.75) is 64.3 Å². The van der Waals surface area contributed by atoms with Crippen LogP contribution in [0.4, 0.5) is 0 Å². The number of nitrogens with one attached hydrogen (secondary N) is 1. The molecule has 0 fully saturated rings. The molecule has 114 valence electrons. The standard InChI is InChI=1S/C11H24NO6P/c1-2-3-4-5-6-7-8-9-10(12-14)11(13)18-19(15,16)17/h10,12,14H,2-9H2,1H3,(H2,15,16,17). The smallest absolute Gasteiger partial charge is 0.369 e. The first-order valence-electron chi connectivity index (χ1n) is 6.59. The highest BCUT2D eigenvalue weighted by Crippen LogP contribution is 2.36. The topological polar surface area (TPSA) is 116 Å². The zero-order chi connectivity index (χ0) is 14.7. The fraction of sp³-hybridized carbons (Fsp3) is 0.909. The molecule has 8 heteroatoms. The van der Waals surface area contributed by atoms with Gasteiger partial charge < -0.3 is 9.73 Å². The summed E-state index contributed by atoms with van der Waals surface area (Å²) in [5, 5.41) is 8.76. The Kier molecular flexibility index (Phi) is 10.1. The molecule has 0 radical (unpaired) electrons. The van der Waals surface area contributed by atoms with E-state index in [9.17, 15) is 9.36 Å². The van der Waals surface area contributed by atoms with Crippen LogP contribution in [0.1, 0.15) is 58.3 Å². The van der Waals surface area contributed by atoms with E-state index in [1.807, 2.05) is 0 Å². The van der Waals surface area contributed by atoms with Crippen LogP contribution in [-0.4, -0.2) is 27.0 Å². The lowest BCUT2D eigenvalue weighted by Crippen LogP contribution is -2.35. The van der Waals surface area contributed by atoms with Crippen LogP contribution in [-0.2, 0) is 13.9 Å². The van der Waals surface area contributed by atoms with Crippen molar-refractivity contribution >= 4 is 13.8 Å². The second-order valence-electron chi connectivity index (χ2n) is 4.49. The highest BCUT2D eigenvalue weighted by molar-refractivity contribution is 7.46. The third-order valence-corrected chi connectivity index (χ3v) is 3.16. The number of phosphoric ester groups is 1. The van der Waals surface area contributed by atoms with Gasteiger partial charge in [0.1, 0.15) is 6.04 Å². The second kappa shape index (κ2) is 10.3. The van der Waals surface area contributed by atoms with Crippen LogP contribution in [0.5, 0.6) is 0 Å². The summed E-state index contributed by atoms with van der Waals surface area (Å²) < 4.78 is 14.4. The van der Waals surface area contributed by atoms with Crippen molar-refractivity contribution in [3.8, 4) is 0 Å². The molecule has 4 N–H and O–H groups in total. The number of hydrogen-bond acceptors (Lipinski definition) is 5. The average Bonchev–Trinajstić information content (AvgIpc) is 2.30. The molecule has 0 rings (SSSR count). The molecular formula is C11H24NO6P. The van der Waals surface area contributed by atoms with E-state index in [-0.39, 0.29) is 6.42 Å². The number of carbonyl (C=O) groups is 1. The van der Waals surface area contributed by atoms with Crippen LogP contribution in [0.25, 0.3) is 0 Å². The van der Waals surface area contributed by atoms with Gasteiger partial charge in [0.15, 0.2) is 0 Å². The normalized spacial score (nSPS) is 13.3. The quantitative estimate of drug-likeness (QED) is 0.262. The van der Waals surface area contributed by atoms with Crippen LogP contribution < -0.4 is 5.48 Å². The van der Waals surface area contributed by atoms with Gasteiger partial charge in [-0.25, -0.2) is 9.36 Å². The van der Waals surface area contributed by atoms with E-state index in [4.69, 9.17) is 15.0 Å². The molecule has 7 nitrogen and oxygen atoms in total. The molecule has 0 bridgehead atoms. The van der Waals surface area contributed by atoms with Crippen molar-refractivity contribution in [3.05, 3.63) is 0 Å². The van der Waals surface area contributed by atoms with Gasteiger partial charge in [-0.2, -0.15) is 5.48 Å². The lowest BCUT2D eigenvalue weighted by Gasteiger charge is -2.14. The summed E-state index contributed by atoms with van der Waals surface area (Å²) in [6.07, 6.45) is 7.65. The van der Waals surface area contributed by atoms with Gasteiger partial charge in [-0.05, 0) is 6.42 Å². The van der Waals surface area contributed by atoms with Gasteiger partial charge >= 0.3 is 13.8 Å². The molecular weight excluding hydrogens is 273 g/mol. The van der Waals surface area contributed by atoms with Gasteiger partial charge in [0, 0.05) is 0 Å². The van der Waals surface area contributed by atoms with E-state index in [1.165, 1.54) is 19.3 Å². The fourth-order valence-electron chi connectivity index (χ4n) is 1.72. The molecule has 0 amide bonds. The summed E-state index contributed by atoms with van der Waals surface area (Å²) in [6, 6.07) is -1.09. The van der Waals surface area contributed by atoms with Crippen molar-refractivity contribution in [3.63, 3.8) is 0 Å². The molecule has 0 aliphatic carbocycles. The first kappa shape index (κ1) is 18.5. The molecule has 0 aromatic carbocycles. The molecule has 0 spiro atoms. The van der Waals surface area contributed by atoms with Crippen LogP contribution in [0, 0.1) is 0 Å². The maximum Gasteiger partial charge on any atom is 0.527 e. The zero-order valence-electron chi connectivity index (χ0n) is 11.2. The Hall–Kier alpha value is -0.460. The summed E-state index contributed by atoms with van der Waals surface area (Å²) in [6.45, 7) is 2.14. The van der Waals surface area contributed by atoms with Gasteiger partial charge in [0.25, 0.3) is 0 Å². The minimum atomic E-state index is -4.85. The lowest BCUT2D eigenvalue weighted by molar-refractivity contribution is -0.141. The number of phosphoric acid groups is 1. The molecule has 0 heterocycles. The Morgan fingerprint density at radius 2 is 1.68 bits per heavy atom. The molecule has 19 heavy (non-hydrogen) atoms. The van der Waals surface area contributed by atoms with Crippen LogP contribution in [0.15, 0.2) is 0 Å². The molecule has 1 atom stereocenters. The Balaban J connectivity index is 3.76. The van der Waals surface area contributed by atoms with Crippen molar-refractivity contribution in [1.29, 1.82) is 0 Å². The summed E-state index contributed by atoms with van der Waals surface area (Å²) in [5.74, 6) is -1.14. The van der Waals surface area contributed by atoms with E-state index in [0.717, 1.165) is 19.3 Å². The van der Waals surface area contributed by atoms with Crippen molar-refractivity contribution in [1.82, 2.24) is 5.48 Å². The summed E-state index contributed by atoms with van der Waals surface area (Å²) in [7, 11) is -4.85. The van der Waals surface area contributed by atoms with Crippen molar-refractivity contribution in [2.24, 2.45) is 0 Å². The van der Waals surface area contributed by atoms with Gasteiger partial charge in [-0.1, -0.05) is 51.9 Å². The van der Waals surface area contributed by atoms with Gasteiger partial charge in [-0.15, -0.1) is 0 Å². The molecule has 0 saturated heterocycles. The number of carbonyl (C=O) groups excluding carboxylic acids is 1. The number of rotatable bonds is 11. The minimum absolute atomic E-state index is 0.281. The summed E-state index contributed by atoms with van der Waals surface area (Å²) in [5.41, 5.74) is 1.72. The Morgan fingerprint density at radius 1 is 1.16 bits per heavy atom. The maximum atomic E-state index is 11.3. The third kappa shape index (κ3) is 11.1. The molecule has 0 saturated carbocycles. The maximum absolute atomic E-state index is 11.3. The molecule has 0 aliphatic rings. The predicted octanol–water partition coefficient (Wildman–Crippen LogP) is 2.11. The number of unbranched alkanes of at least 4 members (excludes halogenated alkanes) is 6. The fourth-order valence-corrected chi connectivity index (χ4v) is 2.08. The summed E-state index contributed by atoms with van der Waals surface area (Å²) in [4.78, 5) is 28.2. The van der Waals surface area contributed by atoms with Crippen LogP contribution >= 0.6 is 7.82 Å².